The Morgan fingerprint density at radius 3 is 2.88 bits per heavy atom. The number of hydrogen-bond acceptors (Lipinski definition) is 3. The summed E-state index contributed by atoms with van der Waals surface area (Å²) in [6, 6.07) is 7.23. The molecule has 1 aliphatic heterocycles. The Morgan fingerprint density at radius 2 is 2.25 bits per heavy atom. The molecule has 86 valence electrons. The molecule has 0 spiro atoms. The van der Waals surface area contributed by atoms with Crippen LogP contribution < -0.4 is 4.74 Å². The van der Waals surface area contributed by atoms with Gasteiger partial charge < -0.3 is 14.4 Å². The average Bonchev–Trinajstić information content (AvgIpc) is 2.74. The van der Waals surface area contributed by atoms with Crippen LogP contribution in [0.1, 0.15) is 17.3 Å². The number of carbonyl (C=O) groups is 1. The van der Waals surface area contributed by atoms with Crippen molar-refractivity contribution in [2.75, 3.05) is 20.3 Å². The second-order valence-corrected chi connectivity index (χ2v) is 3.67. The molecule has 0 aliphatic carbocycles. The van der Waals surface area contributed by atoms with E-state index in [1.807, 2.05) is 19.1 Å². The normalized spacial score (nSPS) is 19.9. The van der Waals surface area contributed by atoms with Crippen LogP contribution in [0, 0.1) is 0 Å². The first-order valence-electron chi connectivity index (χ1n) is 5.29. The zero-order valence-electron chi connectivity index (χ0n) is 9.47. The van der Waals surface area contributed by atoms with Gasteiger partial charge in [-0.3, -0.25) is 4.79 Å². The van der Waals surface area contributed by atoms with Gasteiger partial charge in [-0.15, -0.1) is 0 Å². The highest BCUT2D eigenvalue weighted by molar-refractivity contribution is 5.97. The summed E-state index contributed by atoms with van der Waals surface area (Å²) >= 11 is 0. The van der Waals surface area contributed by atoms with Crippen LogP contribution in [-0.4, -0.2) is 37.3 Å². The summed E-state index contributed by atoms with van der Waals surface area (Å²) in [4.78, 5) is 13.9. The van der Waals surface area contributed by atoms with E-state index in [4.69, 9.17) is 9.47 Å². The van der Waals surface area contributed by atoms with Crippen molar-refractivity contribution in [3.63, 3.8) is 0 Å². The minimum Gasteiger partial charge on any atom is -0.496 e. The third-order valence-corrected chi connectivity index (χ3v) is 2.73. The number of amides is 1. The predicted molar refractivity (Wildman–Crippen MR) is 59.4 cm³/mol. The molecule has 1 fully saturated rings. The molecule has 1 amide bonds. The molecule has 4 heteroatoms. The number of rotatable bonds is 2. The first kappa shape index (κ1) is 11.0. The van der Waals surface area contributed by atoms with E-state index in [0.717, 1.165) is 0 Å². The molecule has 0 bridgehead atoms. The number of methoxy groups -OCH3 is 1. The van der Waals surface area contributed by atoms with Crippen molar-refractivity contribution in [2.45, 2.75) is 13.2 Å². The predicted octanol–water partition coefficient (Wildman–Crippen LogP) is 1.51. The lowest BCUT2D eigenvalue weighted by molar-refractivity contribution is 0.0375. The molecule has 1 heterocycles. The summed E-state index contributed by atoms with van der Waals surface area (Å²) in [5, 5.41) is 0. The van der Waals surface area contributed by atoms with Crippen LogP contribution in [0.4, 0.5) is 0 Å². The van der Waals surface area contributed by atoms with Crippen molar-refractivity contribution in [1.29, 1.82) is 0 Å². The van der Waals surface area contributed by atoms with Crippen molar-refractivity contribution < 1.29 is 14.3 Å². The molecule has 2 rings (SSSR count). The highest BCUT2D eigenvalue weighted by Gasteiger charge is 2.28. The summed E-state index contributed by atoms with van der Waals surface area (Å²) in [6.45, 7) is 3.11. The lowest BCUT2D eigenvalue weighted by Gasteiger charge is -2.20. The van der Waals surface area contributed by atoms with Gasteiger partial charge in [-0.05, 0) is 19.1 Å². The summed E-state index contributed by atoms with van der Waals surface area (Å²) in [6.07, 6.45) is -0.155. The molecule has 0 radical (unpaired) electrons. The number of carbonyl (C=O) groups excluding carboxylic acids is 1. The van der Waals surface area contributed by atoms with Crippen LogP contribution in [0.15, 0.2) is 24.3 Å². The van der Waals surface area contributed by atoms with E-state index in [1.54, 1.807) is 24.1 Å². The monoisotopic (exact) mass is 221 g/mol. The number of para-hydroxylation sites is 1. The number of nitrogens with zero attached hydrogens (tertiary/aromatic N) is 1. The topological polar surface area (TPSA) is 38.8 Å². The van der Waals surface area contributed by atoms with Crippen molar-refractivity contribution in [1.82, 2.24) is 4.90 Å². The van der Waals surface area contributed by atoms with Crippen molar-refractivity contribution in [2.24, 2.45) is 0 Å². The zero-order valence-corrected chi connectivity index (χ0v) is 9.47. The van der Waals surface area contributed by atoms with Gasteiger partial charge in [0.15, 0.2) is 0 Å². The van der Waals surface area contributed by atoms with Crippen LogP contribution in [0.5, 0.6) is 5.75 Å². The summed E-state index contributed by atoms with van der Waals surface area (Å²) < 4.78 is 10.5. The first-order valence-corrected chi connectivity index (χ1v) is 5.29. The Bertz CT molecular complexity index is 392. The van der Waals surface area contributed by atoms with Gasteiger partial charge in [0.1, 0.15) is 12.0 Å². The number of hydrogen-bond donors (Lipinski definition) is 0. The summed E-state index contributed by atoms with van der Waals surface area (Å²) in [5.41, 5.74) is 0.586. The molecular weight excluding hydrogens is 206 g/mol. The molecular formula is C12H15NO3. The van der Waals surface area contributed by atoms with Gasteiger partial charge >= 0.3 is 0 Å². The number of benzene rings is 1. The Kier molecular flexibility index (Phi) is 3.10. The molecule has 1 saturated heterocycles. The second kappa shape index (κ2) is 4.53. The molecule has 1 aliphatic rings. The van der Waals surface area contributed by atoms with Crippen LogP contribution >= 0.6 is 0 Å². The van der Waals surface area contributed by atoms with Crippen LogP contribution in [0.3, 0.4) is 0 Å². The standard InChI is InChI=1S/C12H15NO3/c1-9-13(7-8-16-9)12(14)10-5-3-4-6-11(10)15-2/h3-6,9H,7-8H2,1-2H3. The van der Waals surface area contributed by atoms with Gasteiger partial charge in [0.25, 0.3) is 5.91 Å². The summed E-state index contributed by atoms with van der Waals surface area (Å²) in [7, 11) is 1.57. The highest BCUT2D eigenvalue weighted by atomic mass is 16.5. The minimum absolute atomic E-state index is 0.0394. The van der Waals surface area contributed by atoms with Crippen molar-refractivity contribution in [3.8, 4) is 5.75 Å². The van der Waals surface area contributed by atoms with Gasteiger partial charge in [-0.25, -0.2) is 0 Å². The van der Waals surface area contributed by atoms with Crippen molar-refractivity contribution in [3.05, 3.63) is 29.8 Å². The fourth-order valence-electron chi connectivity index (χ4n) is 1.84. The summed E-state index contributed by atoms with van der Waals surface area (Å²) in [5.74, 6) is 0.564. The molecule has 16 heavy (non-hydrogen) atoms. The van der Waals surface area contributed by atoms with Crippen LogP contribution in [0.2, 0.25) is 0 Å². The third-order valence-electron chi connectivity index (χ3n) is 2.73. The van der Waals surface area contributed by atoms with E-state index in [9.17, 15) is 4.79 Å². The quantitative estimate of drug-likeness (QED) is 0.760. The average molecular weight is 221 g/mol. The maximum Gasteiger partial charge on any atom is 0.259 e. The van der Waals surface area contributed by atoms with Gasteiger partial charge in [-0.2, -0.15) is 0 Å². The first-order chi connectivity index (χ1) is 7.74. The Labute approximate surface area is 94.8 Å². The fourth-order valence-corrected chi connectivity index (χ4v) is 1.84. The van der Waals surface area contributed by atoms with Gasteiger partial charge in [0, 0.05) is 6.54 Å². The van der Waals surface area contributed by atoms with E-state index < -0.39 is 0 Å². The van der Waals surface area contributed by atoms with E-state index in [-0.39, 0.29) is 12.1 Å². The molecule has 0 aromatic heterocycles. The fraction of sp³-hybridized carbons (Fsp3) is 0.417. The molecule has 4 nitrogen and oxygen atoms in total. The van der Waals surface area contributed by atoms with E-state index in [2.05, 4.69) is 0 Å². The lowest BCUT2D eigenvalue weighted by atomic mass is 10.1. The molecule has 1 unspecified atom stereocenters. The SMILES string of the molecule is COc1ccccc1C(=O)N1CCOC1C. The van der Waals surface area contributed by atoms with E-state index >= 15 is 0 Å². The maximum absolute atomic E-state index is 12.2. The maximum atomic E-state index is 12.2. The van der Waals surface area contributed by atoms with Gasteiger partial charge in [-0.1, -0.05) is 12.1 Å². The zero-order chi connectivity index (χ0) is 11.5. The molecule has 1 aromatic rings. The Hall–Kier alpha value is -1.55. The lowest BCUT2D eigenvalue weighted by Crippen LogP contribution is -2.34. The molecule has 0 saturated carbocycles. The smallest absolute Gasteiger partial charge is 0.259 e. The molecule has 0 N–H and O–H groups in total. The van der Waals surface area contributed by atoms with E-state index in [1.165, 1.54) is 0 Å². The Morgan fingerprint density at radius 1 is 1.50 bits per heavy atom. The van der Waals surface area contributed by atoms with Crippen LogP contribution in [-0.2, 0) is 4.74 Å². The number of ether oxygens (including phenoxy) is 2. The third kappa shape index (κ3) is 1.88. The largest absolute Gasteiger partial charge is 0.496 e. The minimum atomic E-state index is -0.155. The van der Waals surface area contributed by atoms with Gasteiger partial charge in [0.05, 0.1) is 19.3 Å². The van der Waals surface area contributed by atoms with Crippen LogP contribution in [0.25, 0.3) is 0 Å². The van der Waals surface area contributed by atoms with Gasteiger partial charge in [0.2, 0.25) is 0 Å². The highest BCUT2D eigenvalue weighted by Crippen LogP contribution is 2.22. The Balaban J connectivity index is 2.26. The van der Waals surface area contributed by atoms with E-state index in [0.29, 0.717) is 24.5 Å². The molecule has 1 aromatic carbocycles. The second-order valence-electron chi connectivity index (χ2n) is 3.67. The van der Waals surface area contributed by atoms with Crippen molar-refractivity contribution >= 4 is 5.91 Å². The molecule has 1 atom stereocenters.